The number of amides is 1. The Morgan fingerprint density at radius 2 is 1.82 bits per heavy atom. The summed E-state index contributed by atoms with van der Waals surface area (Å²) in [5.74, 6) is -0.0403. The van der Waals surface area contributed by atoms with Crippen LogP contribution in [0.15, 0.2) is 59.8 Å². The topological polar surface area (TPSA) is 59.7 Å². The number of carbonyl (C=O) groups excluding carboxylic acids is 1. The molecule has 0 aliphatic rings. The van der Waals surface area contributed by atoms with E-state index < -0.39 is 0 Å². The minimum Gasteiger partial charge on any atom is -0.399 e. The van der Waals surface area contributed by atoms with Crippen LogP contribution in [0.4, 0.5) is 0 Å². The SMILES string of the molecule is CO/N=C/c1ccc(C(=O)N(C)Cc2c(C)nn(-c3ccccc3)c2C)cc1. The van der Waals surface area contributed by atoms with Crippen molar-refractivity contribution in [3.63, 3.8) is 0 Å². The Kier molecular flexibility index (Phi) is 5.89. The molecule has 1 amide bonds. The van der Waals surface area contributed by atoms with Crippen LogP contribution < -0.4 is 0 Å². The number of rotatable bonds is 6. The zero-order chi connectivity index (χ0) is 20.1. The summed E-state index contributed by atoms with van der Waals surface area (Å²) in [7, 11) is 3.30. The van der Waals surface area contributed by atoms with Gasteiger partial charge in [0.1, 0.15) is 7.11 Å². The average Bonchev–Trinajstić information content (AvgIpc) is 3.01. The second kappa shape index (κ2) is 8.52. The summed E-state index contributed by atoms with van der Waals surface area (Å²) < 4.78 is 1.92. The van der Waals surface area contributed by atoms with Gasteiger partial charge in [-0.15, -0.1) is 0 Å². The van der Waals surface area contributed by atoms with Crippen molar-refractivity contribution in [1.82, 2.24) is 14.7 Å². The van der Waals surface area contributed by atoms with E-state index in [1.807, 2.05) is 61.0 Å². The molecule has 0 radical (unpaired) electrons. The molecule has 6 heteroatoms. The summed E-state index contributed by atoms with van der Waals surface area (Å²) in [6.07, 6.45) is 1.60. The number of nitrogens with zero attached hydrogens (tertiary/aromatic N) is 4. The Morgan fingerprint density at radius 3 is 2.46 bits per heavy atom. The lowest BCUT2D eigenvalue weighted by Crippen LogP contribution is -2.26. The number of aryl methyl sites for hydroxylation is 1. The van der Waals surface area contributed by atoms with Crippen molar-refractivity contribution in [2.45, 2.75) is 20.4 Å². The van der Waals surface area contributed by atoms with Crippen LogP contribution in [0.25, 0.3) is 5.69 Å². The fourth-order valence-corrected chi connectivity index (χ4v) is 3.08. The second-order valence-electron chi connectivity index (χ2n) is 6.60. The Labute approximate surface area is 165 Å². The minimum atomic E-state index is -0.0403. The Bertz CT molecular complexity index is 976. The largest absolute Gasteiger partial charge is 0.399 e. The molecule has 0 spiro atoms. The van der Waals surface area contributed by atoms with Crippen LogP contribution >= 0.6 is 0 Å². The molecule has 3 rings (SSSR count). The van der Waals surface area contributed by atoms with Crippen molar-refractivity contribution < 1.29 is 9.63 Å². The van der Waals surface area contributed by atoms with Gasteiger partial charge in [-0.2, -0.15) is 5.10 Å². The van der Waals surface area contributed by atoms with Gasteiger partial charge in [-0.05, 0) is 43.7 Å². The number of carbonyl (C=O) groups is 1. The van der Waals surface area contributed by atoms with Gasteiger partial charge in [0.2, 0.25) is 0 Å². The molecule has 0 fully saturated rings. The van der Waals surface area contributed by atoms with Gasteiger partial charge < -0.3 is 9.74 Å². The van der Waals surface area contributed by atoms with E-state index >= 15 is 0 Å². The molecule has 2 aromatic carbocycles. The highest BCUT2D eigenvalue weighted by Crippen LogP contribution is 2.20. The first-order chi connectivity index (χ1) is 13.5. The lowest BCUT2D eigenvalue weighted by molar-refractivity contribution is 0.0785. The molecule has 1 heterocycles. The fourth-order valence-electron chi connectivity index (χ4n) is 3.08. The Morgan fingerprint density at radius 1 is 1.14 bits per heavy atom. The van der Waals surface area contributed by atoms with Crippen LogP contribution in [0.2, 0.25) is 0 Å². The van der Waals surface area contributed by atoms with Gasteiger partial charge in [0.15, 0.2) is 0 Å². The first-order valence-corrected chi connectivity index (χ1v) is 9.04. The number of para-hydroxylation sites is 1. The monoisotopic (exact) mass is 376 g/mol. The van der Waals surface area contributed by atoms with Crippen LogP contribution in [0.5, 0.6) is 0 Å². The summed E-state index contributed by atoms with van der Waals surface area (Å²) in [5, 5.41) is 8.38. The van der Waals surface area contributed by atoms with E-state index in [4.69, 9.17) is 0 Å². The molecule has 0 atom stereocenters. The summed E-state index contributed by atoms with van der Waals surface area (Å²) >= 11 is 0. The molecule has 3 aromatic rings. The lowest BCUT2D eigenvalue weighted by Gasteiger charge is -2.18. The molecule has 0 N–H and O–H groups in total. The summed E-state index contributed by atoms with van der Waals surface area (Å²) in [6.45, 7) is 4.50. The third kappa shape index (κ3) is 4.11. The Balaban J connectivity index is 1.77. The van der Waals surface area contributed by atoms with Crippen LogP contribution in [0.1, 0.15) is 32.9 Å². The molecule has 0 aliphatic carbocycles. The summed E-state index contributed by atoms with van der Waals surface area (Å²) in [5.41, 5.74) is 5.53. The quantitative estimate of drug-likeness (QED) is 0.486. The first kappa shape index (κ1) is 19.4. The van der Waals surface area contributed by atoms with Crippen molar-refractivity contribution >= 4 is 12.1 Å². The third-order valence-electron chi connectivity index (χ3n) is 4.65. The normalized spacial score (nSPS) is 11.0. The molecule has 144 valence electrons. The van der Waals surface area contributed by atoms with E-state index in [-0.39, 0.29) is 5.91 Å². The molecule has 1 aromatic heterocycles. The third-order valence-corrected chi connectivity index (χ3v) is 4.65. The number of oxime groups is 1. The molecular weight excluding hydrogens is 352 g/mol. The zero-order valence-electron chi connectivity index (χ0n) is 16.6. The van der Waals surface area contributed by atoms with E-state index in [0.717, 1.165) is 28.2 Å². The standard InChI is InChI=1S/C22H24N4O2/c1-16-21(17(2)26(24-16)20-8-6-5-7-9-20)15-25(3)22(27)19-12-10-18(11-13-19)14-23-28-4/h5-14H,15H2,1-4H3/b23-14+. The van der Waals surface area contributed by atoms with E-state index in [1.165, 1.54) is 7.11 Å². The predicted molar refractivity (Wildman–Crippen MR) is 110 cm³/mol. The smallest absolute Gasteiger partial charge is 0.253 e. The zero-order valence-corrected chi connectivity index (χ0v) is 16.6. The van der Waals surface area contributed by atoms with Crippen LogP contribution in [-0.4, -0.2) is 41.0 Å². The van der Waals surface area contributed by atoms with E-state index in [2.05, 4.69) is 15.1 Å². The average molecular weight is 376 g/mol. The molecule has 28 heavy (non-hydrogen) atoms. The van der Waals surface area contributed by atoms with E-state index in [1.54, 1.807) is 30.3 Å². The maximum atomic E-state index is 12.8. The van der Waals surface area contributed by atoms with Gasteiger partial charge in [0.05, 0.1) is 17.6 Å². The number of hydrogen-bond acceptors (Lipinski definition) is 4. The summed E-state index contributed by atoms with van der Waals surface area (Å²) in [6, 6.07) is 17.3. The molecule has 0 bridgehead atoms. The fraction of sp³-hybridized carbons (Fsp3) is 0.227. The molecule has 0 saturated heterocycles. The molecular formula is C22H24N4O2. The van der Waals surface area contributed by atoms with Gasteiger partial charge in [-0.25, -0.2) is 4.68 Å². The highest BCUT2D eigenvalue weighted by atomic mass is 16.6. The molecule has 0 aliphatic heterocycles. The first-order valence-electron chi connectivity index (χ1n) is 9.04. The second-order valence-corrected chi connectivity index (χ2v) is 6.60. The number of aromatic nitrogens is 2. The van der Waals surface area contributed by atoms with Gasteiger partial charge in [0, 0.05) is 30.4 Å². The van der Waals surface area contributed by atoms with Crippen LogP contribution in [0, 0.1) is 13.8 Å². The van der Waals surface area contributed by atoms with Crippen molar-refractivity contribution in [2.75, 3.05) is 14.2 Å². The highest BCUT2D eigenvalue weighted by Gasteiger charge is 2.18. The number of benzene rings is 2. The molecule has 0 unspecified atom stereocenters. The van der Waals surface area contributed by atoms with Crippen molar-refractivity contribution in [2.24, 2.45) is 5.16 Å². The van der Waals surface area contributed by atoms with Gasteiger partial charge in [-0.3, -0.25) is 4.79 Å². The van der Waals surface area contributed by atoms with Crippen molar-refractivity contribution in [3.05, 3.63) is 82.7 Å². The van der Waals surface area contributed by atoms with E-state index in [0.29, 0.717) is 12.1 Å². The van der Waals surface area contributed by atoms with Crippen LogP contribution in [0.3, 0.4) is 0 Å². The van der Waals surface area contributed by atoms with Crippen LogP contribution in [-0.2, 0) is 11.4 Å². The van der Waals surface area contributed by atoms with Gasteiger partial charge in [0.25, 0.3) is 5.91 Å². The van der Waals surface area contributed by atoms with Gasteiger partial charge >= 0.3 is 0 Å². The maximum Gasteiger partial charge on any atom is 0.253 e. The predicted octanol–water partition coefficient (Wildman–Crippen LogP) is 3.74. The Hall–Kier alpha value is -3.41. The van der Waals surface area contributed by atoms with Gasteiger partial charge in [-0.1, -0.05) is 35.5 Å². The highest BCUT2D eigenvalue weighted by molar-refractivity contribution is 5.94. The molecule has 6 nitrogen and oxygen atoms in total. The number of hydrogen-bond donors (Lipinski definition) is 0. The lowest BCUT2D eigenvalue weighted by atomic mass is 10.1. The van der Waals surface area contributed by atoms with E-state index in [9.17, 15) is 4.79 Å². The van der Waals surface area contributed by atoms with Crippen molar-refractivity contribution in [1.29, 1.82) is 0 Å². The molecule has 0 saturated carbocycles. The summed E-state index contributed by atoms with van der Waals surface area (Å²) in [4.78, 5) is 19.2. The minimum absolute atomic E-state index is 0.0403. The van der Waals surface area contributed by atoms with Crippen molar-refractivity contribution in [3.8, 4) is 5.69 Å². The maximum absolute atomic E-state index is 12.8.